The van der Waals surface area contributed by atoms with Gasteiger partial charge in [-0.05, 0) is 13.0 Å². The maximum Gasteiger partial charge on any atom is 0.292 e. The molecule has 2 aromatic heterocycles. The summed E-state index contributed by atoms with van der Waals surface area (Å²) in [5, 5.41) is 17.0. The number of amides is 1. The number of aryl methyl sites for hydroxylation is 1. The molecule has 3 rings (SSSR count). The molecule has 3 heterocycles. The highest BCUT2D eigenvalue weighted by atomic mass is 16.5. The number of aliphatic hydroxyl groups excluding tert-OH is 1. The molecule has 0 unspecified atom stereocenters. The van der Waals surface area contributed by atoms with Gasteiger partial charge in [0.15, 0.2) is 0 Å². The molecular weight excluding hydrogens is 248 g/mol. The minimum absolute atomic E-state index is 0.0881. The Labute approximate surface area is 109 Å². The van der Waals surface area contributed by atoms with Gasteiger partial charge in [-0.15, -0.1) is 0 Å². The van der Waals surface area contributed by atoms with Crippen LogP contribution in [0, 0.1) is 6.92 Å². The summed E-state index contributed by atoms with van der Waals surface area (Å²) < 4.78 is 6.81. The lowest BCUT2D eigenvalue weighted by Gasteiger charge is -2.26. The summed E-state index contributed by atoms with van der Waals surface area (Å²) in [6.07, 6.45) is 0. The van der Waals surface area contributed by atoms with Gasteiger partial charge in [0, 0.05) is 12.6 Å². The number of aromatic nitrogens is 3. The Morgan fingerprint density at radius 3 is 3.00 bits per heavy atom. The first-order valence-corrected chi connectivity index (χ1v) is 6.06. The number of nitrogens with zero attached hydrogens (tertiary/aromatic N) is 4. The third-order valence-electron chi connectivity index (χ3n) is 3.14. The van der Waals surface area contributed by atoms with Crippen LogP contribution in [0.3, 0.4) is 0 Å². The SMILES string of the molecule is Cc1cc(C(=O)N2CCn3nc(CO)cc3C2)on1. The largest absolute Gasteiger partial charge is 0.390 e. The molecule has 100 valence electrons. The average molecular weight is 262 g/mol. The topological polar surface area (TPSA) is 84.4 Å². The summed E-state index contributed by atoms with van der Waals surface area (Å²) >= 11 is 0. The van der Waals surface area contributed by atoms with Gasteiger partial charge in [-0.3, -0.25) is 9.48 Å². The van der Waals surface area contributed by atoms with Crippen LogP contribution in [0.2, 0.25) is 0 Å². The Balaban J connectivity index is 1.79. The van der Waals surface area contributed by atoms with E-state index in [0.29, 0.717) is 31.0 Å². The summed E-state index contributed by atoms with van der Waals surface area (Å²) in [7, 11) is 0. The fraction of sp³-hybridized carbons (Fsp3) is 0.417. The molecule has 19 heavy (non-hydrogen) atoms. The molecule has 0 bridgehead atoms. The van der Waals surface area contributed by atoms with Crippen LogP contribution in [0.25, 0.3) is 0 Å². The third-order valence-corrected chi connectivity index (χ3v) is 3.14. The second kappa shape index (κ2) is 4.51. The standard InChI is InChI=1S/C12H14N4O3/c1-8-4-11(19-14-8)12(18)15-2-3-16-10(6-15)5-9(7-17)13-16/h4-5,17H,2-3,6-7H2,1H3. The van der Waals surface area contributed by atoms with Crippen LogP contribution in [0.1, 0.15) is 27.6 Å². The van der Waals surface area contributed by atoms with Crippen molar-refractivity contribution in [3.63, 3.8) is 0 Å². The number of fused-ring (bicyclic) bond motifs is 1. The van der Waals surface area contributed by atoms with Gasteiger partial charge in [-0.25, -0.2) is 0 Å². The predicted octanol–water partition coefficient (Wildman–Crippen LogP) is 0.328. The van der Waals surface area contributed by atoms with Crippen LogP contribution in [0.15, 0.2) is 16.7 Å². The van der Waals surface area contributed by atoms with Gasteiger partial charge in [0.25, 0.3) is 5.91 Å². The highest BCUT2D eigenvalue weighted by molar-refractivity contribution is 5.91. The molecule has 0 aliphatic carbocycles. The molecule has 1 aliphatic heterocycles. The molecule has 0 spiro atoms. The summed E-state index contributed by atoms with van der Waals surface area (Å²) in [4.78, 5) is 13.9. The molecule has 1 aliphatic rings. The summed E-state index contributed by atoms with van der Waals surface area (Å²) in [5.41, 5.74) is 2.23. The Bertz CT molecular complexity index is 616. The fourth-order valence-corrected chi connectivity index (χ4v) is 2.20. The van der Waals surface area contributed by atoms with Gasteiger partial charge in [-0.2, -0.15) is 5.10 Å². The van der Waals surface area contributed by atoms with Gasteiger partial charge in [0.05, 0.1) is 36.8 Å². The maximum absolute atomic E-state index is 12.2. The van der Waals surface area contributed by atoms with Crippen molar-refractivity contribution in [3.05, 3.63) is 35.0 Å². The van der Waals surface area contributed by atoms with Crippen molar-refractivity contribution >= 4 is 5.91 Å². The first-order valence-electron chi connectivity index (χ1n) is 6.06. The minimum Gasteiger partial charge on any atom is -0.390 e. The lowest BCUT2D eigenvalue weighted by Crippen LogP contribution is -2.38. The minimum atomic E-state index is -0.168. The summed E-state index contributed by atoms with van der Waals surface area (Å²) in [6.45, 7) is 3.34. The first kappa shape index (κ1) is 11.9. The van der Waals surface area contributed by atoms with Crippen molar-refractivity contribution in [3.8, 4) is 0 Å². The van der Waals surface area contributed by atoms with Crippen molar-refractivity contribution in [1.82, 2.24) is 19.8 Å². The molecular formula is C12H14N4O3. The van der Waals surface area contributed by atoms with Crippen LogP contribution in [0.5, 0.6) is 0 Å². The maximum atomic E-state index is 12.2. The van der Waals surface area contributed by atoms with E-state index in [4.69, 9.17) is 9.63 Å². The molecule has 2 aromatic rings. The van der Waals surface area contributed by atoms with E-state index in [1.165, 1.54) is 0 Å². The van der Waals surface area contributed by atoms with E-state index < -0.39 is 0 Å². The second-order valence-electron chi connectivity index (χ2n) is 4.57. The van der Waals surface area contributed by atoms with Crippen molar-refractivity contribution < 1.29 is 14.4 Å². The van der Waals surface area contributed by atoms with Gasteiger partial charge >= 0.3 is 0 Å². The predicted molar refractivity (Wildman–Crippen MR) is 64.1 cm³/mol. The molecule has 0 radical (unpaired) electrons. The molecule has 7 heteroatoms. The van der Waals surface area contributed by atoms with E-state index in [9.17, 15) is 4.79 Å². The molecule has 0 fully saturated rings. The van der Waals surface area contributed by atoms with Crippen LogP contribution in [-0.2, 0) is 19.7 Å². The van der Waals surface area contributed by atoms with Gasteiger partial charge in [0.1, 0.15) is 0 Å². The van der Waals surface area contributed by atoms with E-state index in [1.807, 2.05) is 10.7 Å². The Morgan fingerprint density at radius 1 is 1.47 bits per heavy atom. The Morgan fingerprint density at radius 2 is 2.32 bits per heavy atom. The molecule has 7 nitrogen and oxygen atoms in total. The van der Waals surface area contributed by atoms with Gasteiger partial charge in [0.2, 0.25) is 5.76 Å². The molecule has 0 saturated carbocycles. The van der Waals surface area contributed by atoms with E-state index >= 15 is 0 Å². The second-order valence-corrected chi connectivity index (χ2v) is 4.57. The molecule has 0 saturated heterocycles. The lowest BCUT2D eigenvalue weighted by molar-refractivity contribution is 0.0663. The zero-order chi connectivity index (χ0) is 13.4. The molecule has 1 amide bonds. The summed E-state index contributed by atoms with van der Waals surface area (Å²) in [6, 6.07) is 3.44. The van der Waals surface area contributed by atoms with Gasteiger partial charge in [-0.1, -0.05) is 5.16 Å². The molecule has 0 aromatic carbocycles. The van der Waals surface area contributed by atoms with Crippen molar-refractivity contribution in [2.75, 3.05) is 6.54 Å². The van der Waals surface area contributed by atoms with Crippen LogP contribution < -0.4 is 0 Å². The highest BCUT2D eigenvalue weighted by Crippen LogP contribution is 2.16. The monoisotopic (exact) mass is 262 g/mol. The van der Waals surface area contributed by atoms with Crippen LogP contribution in [0.4, 0.5) is 0 Å². The number of carbonyl (C=O) groups excluding carboxylic acids is 1. The first-order chi connectivity index (χ1) is 9.17. The number of aliphatic hydroxyl groups is 1. The average Bonchev–Trinajstić information content (AvgIpc) is 3.02. The van der Waals surface area contributed by atoms with E-state index in [1.54, 1.807) is 17.9 Å². The van der Waals surface area contributed by atoms with Crippen molar-refractivity contribution in [1.29, 1.82) is 0 Å². The smallest absolute Gasteiger partial charge is 0.292 e. The third kappa shape index (κ3) is 2.12. The normalized spacial score (nSPS) is 14.5. The van der Waals surface area contributed by atoms with E-state index in [-0.39, 0.29) is 18.3 Å². The van der Waals surface area contributed by atoms with Gasteiger partial charge < -0.3 is 14.5 Å². The zero-order valence-corrected chi connectivity index (χ0v) is 10.5. The fourth-order valence-electron chi connectivity index (χ4n) is 2.20. The molecule has 1 N–H and O–H groups in total. The Hall–Kier alpha value is -2.15. The summed E-state index contributed by atoms with van der Waals surface area (Å²) in [5.74, 6) is 0.0893. The number of carbonyl (C=O) groups is 1. The Kier molecular flexibility index (Phi) is 2.83. The number of rotatable bonds is 2. The van der Waals surface area contributed by atoms with Crippen molar-refractivity contribution in [2.24, 2.45) is 0 Å². The van der Waals surface area contributed by atoms with Crippen LogP contribution in [-0.4, -0.2) is 37.4 Å². The zero-order valence-electron chi connectivity index (χ0n) is 10.5. The number of hydrogen-bond donors (Lipinski definition) is 1. The van der Waals surface area contributed by atoms with Crippen molar-refractivity contribution in [2.45, 2.75) is 26.6 Å². The van der Waals surface area contributed by atoms with E-state index in [2.05, 4.69) is 10.3 Å². The van der Waals surface area contributed by atoms with E-state index in [0.717, 1.165) is 5.69 Å². The van der Waals surface area contributed by atoms with Crippen LogP contribution >= 0.6 is 0 Å². The number of hydrogen-bond acceptors (Lipinski definition) is 5. The highest BCUT2D eigenvalue weighted by Gasteiger charge is 2.25. The quantitative estimate of drug-likeness (QED) is 0.843. The molecule has 0 atom stereocenters. The lowest BCUT2D eigenvalue weighted by atomic mass is 10.2.